The first-order valence-corrected chi connectivity index (χ1v) is 11.2. The molecule has 0 amide bonds. The third-order valence-electron chi connectivity index (χ3n) is 5.97. The molecule has 0 unspecified atom stereocenters. The number of nitrogens with zero attached hydrogens (tertiary/aromatic N) is 4. The number of fused-ring (bicyclic) bond motifs is 1. The number of aryl methyl sites for hydroxylation is 1. The number of pyridine rings is 1. The molecule has 1 atom stereocenters. The fraction of sp³-hybridized carbons (Fsp3) is 0.160. The molecule has 0 saturated heterocycles. The highest BCUT2D eigenvalue weighted by atomic mass is 16.6. The van der Waals surface area contributed by atoms with E-state index < -0.39 is 11.0 Å². The molecule has 3 aromatic heterocycles. The number of nitro groups is 1. The summed E-state index contributed by atoms with van der Waals surface area (Å²) >= 11 is 0. The molecule has 0 saturated carbocycles. The minimum Gasteiger partial charge on any atom is -0.394 e. The summed E-state index contributed by atoms with van der Waals surface area (Å²) in [5.74, 6) is 0.396. The number of benzene rings is 2. The molecule has 11 heteroatoms. The molecular formula is C25H23N7O4. The summed E-state index contributed by atoms with van der Waals surface area (Å²) < 4.78 is 1.89. The molecule has 3 heterocycles. The Morgan fingerprint density at radius 1 is 1.22 bits per heavy atom. The summed E-state index contributed by atoms with van der Waals surface area (Å²) in [4.78, 5) is 38.1. The van der Waals surface area contributed by atoms with E-state index in [4.69, 9.17) is 4.98 Å². The summed E-state index contributed by atoms with van der Waals surface area (Å²) in [6.45, 7) is 1.74. The number of H-pyrrole nitrogens is 2. The van der Waals surface area contributed by atoms with Crippen LogP contribution in [-0.4, -0.2) is 47.2 Å². The molecule has 4 N–H and O–H groups in total. The first kappa shape index (κ1) is 23.0. The summed E-state index contributed by atoms with van der Waals surface area (Å²) in [5, 5.41) is 24.2. The number of aromatic nitrogens is 5. The van der Waals surface area contributed by atoms with E-state index in [0.29, 0.717) is 23.5 Å². The van der Waals surface area contributed by atoms with Crippen molar-refractivity contribution in [1.82, 2.24) is 24.5 Å². The molecule has 5 aromatic rings. The van der Waals surface area contributed by atoms with Gasteiger partial charge in [0.2, 0.25) is 0 Å². The standard InChI is InChI=1S/C25H23N7O4/c1-15-10-19(31-9-8-26-14-31)12-21-23(15)30-24(29-21)22-20(6-7-27-25(22)34)28-17(13-33)11-16-2-4-18(5-3-16)32(35)36/h2-10,12,14,17,33H,11,13H2,1H3,(H,29,30)(H2,27,28,34)/t17-/m0/s1. The smallest absolute Gasteiger partial charge is 0.269 e. The van der Waals surface area contributed by atoms with Gasteiger partial charge in [-0.1, -0.05) is 12.1 Å². The second kappa shape index (κ2) is 9.47. The normalized spacial score (nSPS) is 12.1. The fourth-order valence-corrected chi connectivity index (χ4v) is 4.20. The van der Waals surface area contributed by atoms with E-state index in [-0.39, 0.29) is 17.9 Å². The van der Waals surface area contributed by atoms with Crippen LogP contribution in [0.1, 0.15) is 11.1 Å². The Kier molecular flexibility index (Phi) is 6.05. The molecule has 36 heavy (non-hydrogen) atoms. The van der Waals surface area contributed by atoms with Gasteiger partial charge in [-0.05, 0) is 42.7 Å². The Hall–Kier alpha value is -4.77. The Bertz CT molecular complexity index is 1590. The highest BCUT2D eigenvalue weighted by Crippen LogP contribution is 2.28. The molecule has 0 spiro atoms. The zero-order valence-electron chi connectivity index (χ0n) is 19.3. The van der Waals surface area contributed by atoms with Crippen LogP contribution in [0.5, 0.6) is 0 Å². The highest BCUT2D eigenvalue weighted by Gasteiger charge is 2.19. The third-order valence-corrected chi connectivity index (χ3v) is 5.97. The van der Waals surface area contributed by atoms with Gasteiger partial charge in [0.15, 0.2) is 0 Å². The number of aromatic amines is 2. The molecule has 0 radical (unpaired) electrons. The first-order chi connectivity index (χ1) is 17.4. The average molecular weight is 486 g/mol. The summed E-state index contributed by atoms with van der Waals surface area (Å²) in [6, 6.07) is 11.4. The maximum absolute atomic E-state index is 12.9. The van der Waals surface area contributed by atoms with Crippen molar-refractivity contribution in [2.24, 2.45) is 0 Å². The van der Waals surface area contributed by atoms with Crippen LogP contribution in [0.25, 0.3) is 28.1 Å². The Labute approximate surface area is 204 Å². The van der Waals surface area contributed by atoms with Gasteiger partial charge in [-0.15, -0.1) is 0 Å². The molecule has 182 valence electrons. The second-order valence-electron chi connectivity index (χ2n) is 8.46. The molecule has 0 aliphatic heterocycles. The van der Waals surface area contributed by atoms with Gasteiger partial charge in [0, 0.05) is 36.4 Å². The Morgan fingerprint density at radius 2 is 2.03 bits per heavy atom. The number of hydrogen-bond donors (Lipinski definition) is 4. The van der Waals surface area contributed by atoms with Crippen LogP contribution < -0.4 is 10.9 Å². The lowest BCUT2D eigenvalue weighted by atomic mass is 10.1. The van der Waals surface area contributed by atoms with Gasteiger partial charge in [0.1, 0.15) is 11.4 Å². The largest absolute Gasteiger partial charge is 0.394 e. The van der Waals surface area contributed by atoms with Gasteiger partial charge in [-0.3, -0.25) is 14.9 Å². The zero-order valence-corrected chi connectivity index (χ0v) is 19.3. The first-order valence-electron chi connectivity index (χ1n) is 11.2. The van der Waals surface area contributed by atoms with Crippen LogP contribution in [0.4, 0.5) is 11.4 Å². The molecule has 0 aliphatic carbocycles. The monoisotopic (exact) mass is 485 g/mol. The van der Waals surface area contributed by atoms with Crippen molar-refractivity contribution < 1.29 is 10.0 Å². The van der Waals surface area contributed by atoms with Crippen molar-refractivity contribution in [1.29, 1.82) is 0 Å². The van der Waals surface area contributed by atoms with Gasteiger partial charge in [-0.25, -0.2) is 9.97 Å². The molecule has 0 aliphatic rings. The van der Waals surface area contributed by atoms with Gasteiger partial charge < -0.3 is 25.0 Å². The molecule has 0 bridgehead atoms. The van der Waals surface area contributed by atoms with Crippen molar-refractivity contribution in [2.75, 3.05) is 11.9 Å². The molecule has 0 fully saturated rings. The van der Waals surface area contributed by atoms with Gasteiger partial charge in [0.25, 0.3) is 11.2 Å². The van der Waals surface area contributed by atoms with E-state index in [9.17, 15) is 20.0 Å². The van der Waals surface area contributed by atoms with E-state index in [1.807, 2.05) is 29.8 Å². The highest BCUT2D eigenvalue weighted by molar-refractivity contribution is 5.86. The maximum atomic E-state index is 12.9. The van der Waals surface area contributed by atoms with Crippen molar-refractivity contribution in [3.8, 4) is 17.1 Å². The van der Waals surface area contributed by atoms with Crippen LogP contribution in [0.3, 0.4) is 0 Å². The van der Waals surface area contributed by atoms with Crippen LogP contribution >= 0.6 is 0 Å². The van der Waals surface area contributed by atoms with E-state index in [0.717, 1.165) is 27.8 Å². The van der Waals surface area contributed by atoms with E-state index in [1.54, 1.807) is 30.7 Å². The molecule has 11 nitrogen and oxygen atoms in total. The second-order valence-corrected chi connectivity index (χ2v) is 8.46. The van der Waals surface area contributed by atoms with Crippen LogP contribution in [0.15, 0.2) is 72.2 Å². The Morgan fingerprint density at radius 3 is 2.72 bits per heavy atom. The zero-order chi connectivity index (χ0) is 25.2. The lowest BCUT2D eigenvalue weighted by Gasteiger charge is -2.19. The molecular weight excluding hydrogens is 462 g/mol. The van der Waals surface area contributed by atoms with Crippen LogP contribution in [-0.2, 0) is 6.42 Å². The van der Waals surface area contributed by atoms with Gasteiger partial charge >= 0.3 is 0 Å². The number of imidazole rings is 2. The fourth-order valence-electron chi connectivity index (χ4n) is 4.20. The van der Waals surface area contributed by atoms with Crippen molar-refractivity contribution in [3.63, 3.8) is 0 Å². The Balaban J connectivity index is 1.47. The average Bonchev–Trinajstić information content (AvgIpc) is 3.54. The molecule has 5 rings (SSSR count). The van der Waals surface area contributed by atoms with Gasteiger partial charge in [-0.2, -0.15) is 0 Å². The van der Waals surface area contributed by atoms with Crippen molar-refractivity contribution in [2.45, 2.75) is 19.4 Å². The van der Waals surface area contributed by atoms with E-state index in [1.165, 1.54) is 18.3 Å². The summed E-state index contributed by atoms with van der Waals surface area (Å²) in [6.07, 6.45) is 7.19. The number of anilines is 1. The molecule has 2 aromatic carbocycles. The van der Waals surface area contributed by atoms with Gasteiger partial charge in [0.05, 0.1) is 40.6 Å². The number of nitro benzene ring substituents is 1. The SMILES string of the molecule is Cc1cc(-n2ccnc2)cc2[nH]c(-c3c(N[C@H](CO)Cc4ccc([N+](=O)[O-])cc4)cc[nH]c3=O)nc12. The third kappa shape index (κ3) is 4.46. The number of nitrogens with one attached hydrogen (secondary N) is 3. The minimum absolute atomic E-state index is 0.000474. The van der Waals surface area contributed by atoms with Crippen LogP contribution in [0.2, 0.25) is 0 Å². The van der Waals surface area contributed by atoms with E-state index in [2.05, 4.69) is 20.3 Å². The predicted molar refractivity (Wildman–Crippen MR) is 135 cm³/mol. The summed E-state index contributed by atoms with van der Waals surface area (Å²) in [7, 11) is 0. The predicted octanol–water partition coefficient (Wildman–Crippen LogP) is 3.34. The number of non-ortho nitro benzene ring substituents is 1. The lowest BCUT2D eigenvalue weighted by molar-refractivity contribution is -0.384. The number of hydrogen-bond acceptors (Lipinski definition) is 7. The maximum Gasteiger partial charge on any atom is 0.269 e. The topological polar surface area (TPSA) is 155 Å². The number of aliphatic hydroxyl groups is 1. The van der Waals surface area contributed by atoms with Crippen molar-refractivity contribution in [3.05, 3.63) is 99.0 Å². The summed E-state index contributed by atoms with van der Waals surface area (Å²) in [5.41, 5.74) is 4.67. The van der Waals surface area contributed by atoms with Crippen LogP contribution in [0, 0.1) is 17.0 Å². The number of rotatable bonds is 8. The van der Waals surface area contributed by atoms with E-state index >= 15 is 0 Å². The quantitative estimate of drug-likeness (QED) is 0.194. The van der Waals surface area contributed by atoms with Crippen molar-refractivity contribution >= 4 is 22.4 Å². The number of aliphatic hydroxyl groups excluding tert-OH is 1. The minimum atomic E-state index is -0.457. The lowest BCUT2D eigenvalue weighted by Crippen LogP contribution is -2.28.